The fourth-order valence-electron chi connectivity index (χ4n) is 1.80. The van der Waals surface area contributed by atoms with E-state index in [4.69, 9.17) is 21.5 Å². The van der Waals surface area contributed by atoms with Gasteiger partial charge in [0, 0.05) is 12.1 Å². The topological polar surface area (TPSA) is 113 Å². The third kappa shape index (κ3) is 4.38. The molecule has 0 saturated heterocycles. The third-order valence-corrected chi connectivity index (χ3v) is 4.14. The lowest BCUT2D eigenvalue weighted by Gasteiger charge is -2.14. The fourth-order valence-corrected chi connectivity index (χ4v) is 2.63. The molecule has 2 rings (SSSR count). The molecule has 0 aliphatic rings. The van der Waals surface area contributed by atoms with Crippen LogP contribution >= 0.6 is 11.6 Å². The summed E-state index contributed by atoms with van der Waals surface area (Å²) in [6.45, 7) is 0. The van der Waals surface area contributed by atoms with Crippen molar-refractivity contribution in [3.8, 4) is 11.5 Å². The Morgan fingerprint density at radius 2 is 1.72 bits per heavy atom. The second kappa shape index (κ2) is 6.50. The maximum atomic E-state index is 13.1. The van der Waals surface area contributed by atoms with E-state index in [0.29, 0.717) is 6.07 Å². The summed E-state index contributed by atoms with van der Waals surface area (Å²) in [6, 6.07) is 4.84. The van der Waals surface area contributed by atoms with E-state index in [1.54, 1.807) is 0 Å². The Hall–Kier alpha value is -2.37. The van der Waals surface area contributed by atoms with Gasteiger partial charge in [0.15, 0.2) is 0 Å². The molecule has 0 fully saturated rings. The van der Waals surface area contributed by atoms with Gasteiger partial charge >= 0.3 is 6.18 Å². The monoisotopic (exact) mass is 396 g/mol. The lowest BCUT2D eigenvalue weighted by Crippen LogP contribution is -2.12. The molecule has 7 nitrogen and oxygen atoms in total. The van der Waals surface area contributed by atoms with Gasteiger partial charge < -0.3 is 4.74 Å². The molecule has 0 aliphatic carbocycles. The van der Waals surface area contributed by atoms with Gasteiger partial charge in [-0.3, -0.25) is 10.1 Å². The molecule has 0 unspecified atom stereocenters. The molecular formula is C13H8ClF3N2O5S. The number of alkyl halides is 3. The van der Waals surface area contributed by atoms with Crippen LogP contribution in [-0.2, 0) is 16.2 Å². The number of ether oxygens (including phenoxy) is 1. The summed E-state index contributed by atoms with van der Waals surface area (Å²) in [5, 5.41) is 15.3. The van der Waals surface area contributed by atoms with Crippen LogP contribution < -0.4 is 9.88 Å². The van der Waals surface area contributed by atoms with Crippen LogP contribution in [-0.4, -0.2) is 13.3 Å². The van der Waals surface area contributed by atoms with E-state index in [9.17, 15) is 31.7 Å². The van der Waals surface area contributed by atoms with E-state index in [2.05, 4.69) is 0 Å². The normalized spacial score (nSPS) is 12.0. The van der Waals surface area contributed by atoms with Crippen molar-refractivity contribution in [2.75, 3.05) is 0 Å². The minimum absolute atomic E-state index is 0.284. The number of nitro benzene ring substituents is 1. The molecule has 2 N–H and O–H groups in total. The van der Waals surface area contributed by atoms with Crippen LogP contribution in [0, 0.1) is 10.1 Å². The van der Waals surface area contributed by atoms with Crippen molar-refractivity contribution in [2.24, 2.45) is 5.14 Å². The Labute approximate surface area is 144 Å². The van der Waals surface area contributed by atoms with Crippen molar-refractivity contribution in [1.29, 1.82) is 0 Å². The zero-order chi connectivity index (χ0) is 19.0. The van der Waals surface area contributed by atoms with E-state index >= 15 is 0 Å². The van der Waals surface area contributed by atoms with Gasteiger partial charge in [0.25, 0.3) is 5.69 Å². The summed E-state index contributed by atoms with van der Waals surface area (Å²) in [7, 11) is -4.06. The third-order valence-electron chi connectivity index (χ3n) is 2.93. The first kappa shape index (κ1) is 19.0. The van der Waals surface area contributed by atoms with Crippen molar-refractivity contribution < 1.29 is 31.2 Å². The summed E-state index contributed by atoms with van der Waals surface area (Å²) >= 11 is 5.80. The molecule has 2 aromatic rings. The molecule has 0 saturated carbocycles. The predicted octanol–water partition coefficient (Wildman–Crippen LogP) is 3.71. The molecule has 12 heteroatoms. The summed E-state index contributed by atoms with van der Waals surface area (Å²) in [5.41, 5.74) is -2.15. The first-order valence-corrected chi connectivity index (χ1v) is 8.18. The maximum absolute atomic E-state index is 13.1. The van der Waals surface area contributed by atoms with Gasteiger partial charge in [0.1, 0.15) is 17.1 Å². The first-order valence-electron chi connectivity index (χ1n) is 6.25. The SMILES string of the molecule is NS(=O)(=O)c1ccc(Oc2ccc([N+](=O)[O-])cc2C(F)(F)F)c(Cl)c1. The maximum Gasteiger partial charge on any atom is 0.420 e. The van der Waals surface area contributed by atoms with E-state index in [-0.39, 0.29) is 15.7 Å². The lowest BCUT2D eigenvalue weighted by atomic mass is 10.1. The van der Waals surface area contributed by atoms with Crippen LogP contribution in [0.3, 0.4) is 0 Å². The van der Waals surface area contributed by atoms with E-state index in [1.165, 1.54) is 0 Å². The van der Waals surface area contributed by atoms with Crippen LogP contribution in [0.15, 0.2) is 41.3 Å². The number of benzene rings is 2. The molecule has 0 aliphatic heterocycles. The molecule has 0 bridgehead atoms. The molecule has 0 spiro atoms. The molecular weight excluding hydrogens is 389 g/mol. The quantitative estimate of drug-likeness (QED) is 0.625. The number of sulfonamides is 1. The Morgan fingerprint density at radius 1 is 1.12 bits per heavy atom. The zero-order valence-corrected chi connectivity index (χ0v) is 13.5. The smallest absolute Gasteiger partial charge is 0.420 e. The van der Waals surface area contributed by atoms with Gasteiger partial charge in [0.2, 0.25) is 10.0 Å². The highest BCUT2D eigenvalue weighted by Crippen LogP contribution is 2.41. The van der Waals surface area contributed by atoms with Crippen molar-refractivity contribution >= 4 is 27.3 Å². The summed E-state index contributed by atoms with van der Waals surface area (Å²) in [5.74, 6) is -1.02. The van der Waals surface area contributed by atoms with Crippen LogP contribution in [0.2, 0.25) is 5.02 Å². The molecule has 0 aromatic heterocycles. The van der Waals surface area contributed by atoms with Crippen LogP contribution in [0.25, 0.3) is 0 Å². The van der Waals surface area contributed by atoms with Crippen molar-refractivity contribution in [3.63, 3.8) is 0 Å². The average molecular weight is 397 g/mol. The number of hydrogen-bond donors (Lipinski definition) is 1. The lowest BCUT2D eigenvalue weighted by molar-refractivity contribution is -0.385. The molecule has 25 heavy (non-hydrogen) atoms. The number of primary sulfonamides is 1. The minimum atomic E-state index is -4.92. The summed E-state index contributed by atoms with van der Waals surface area (Å²) < 4.78 is 66.7. The largest absolute Gasteiger partial charge is 0.455 e. The van der Waals surface area contributed by atoms with Crippen LogP contribution in [0.1, 0.15) is 5.56 Å². The number of rotatable bonds is 4. The number of non-ortho nitro benzene ring substituents is 1. The van der Waals surface area contributed by atoms with E-state index in [1.807, 2.05) is 0 Å². The van der Waals surface area contributed by atoms with Gasteiger partial charge in [0.05, 0.1) is 14.8 Å². The van der Waals surface area contributed by atoms with Crippen molar-refractivity contribution in [1.82, 2.24) is 0 Å². The van der Waals surface area contributed by atoms with Crippen molar-refractivity contribution in [3.05, 3.63) is 57.1 Å². The Kier molecular flexibility index (Phi) is 4.93. The Bertz CT molecular complexity index is 947. The standard InChI is InChI=1S/C13H8ClF3N2O5S/c14-10-6-8(25(18,22)23)2-4-12(10)24-11-3-1-7(19(20)21)5-9(11)13(15,16)17/h1-6H,(H2,18,22,23). The number of halogens is 4. The number of nitro groups is 1. The molecule has 0 radical (unpaired) electrons. The van der Waals surface area contributed by atoms with E-state index < -0.39 is 38.1 Å². The first-order chi connectivity index (χ1) is 11.4. The number of hydrogen-bond acceptors (Lipinski definition) is 5. The van der Waals surface area contributed by atoms with Crippen molar-refractivity contribution in [2.45, 2.75) is 11.1 Å². The second-order valence-corrected chi connectivity index (χ2v) is 6.64. The van der Waals surface area contributed by atoms with E-state index in [0.717, 1.165) is 30.3 Å². The average Bonchev–Trinajstić information content (AvgIpc) is 2.47. The highest BCUT2D eigenvalue weighted by molar-refractivity contribution is 7.89. The molecule has 0 heterocycles. The highest BCUT2D eigenvalue weighted by Gasteiger charge is 2.36. The Balaban J connectivity index is 2.49. The number of nitrogens with zero attached hydrogens (tertiary/aromatic N) is 1. The Morgan fingerprint density at radius 3 is 2.20 bits per heavy atom. The second-order valence-electron chi connectivity index (χ2n) is 4.67. The fraction of sp³-hybridized carbons (Fsp3) is 0.0769. The van der Waals surface area contributed by atoms with Gasteiger partial charge in [-0.05, 0) is 24.3 Å². The number of nitrogens with two attached hydrogens (primary N) is 1. The van der Waals surface area contributed by atoms with Crippen LogP contribution in [0.4, 0.5) is 18.9 Å². The summed E-state index contributed by atoms with van der Waals surface area (Å²) in [6.07, 6.45) is -4.92. The van der Waals surface area contributed by atoms with Gasteiger partial charge in [-0.1, -0.05) is 11.6 Å². The van der Waals surface area contributed by atoms with Gasteiger partial charge in [-0.15, -0.1) is 0 Å². The van der Waals surface area contributed by atoms with Gasteiger partial charge in [-0.25, -0.2) is 13.6 Å². The molecule has 134 valence electrons. The summed E-state index contributed by atoms with van der Waals surface area (Å²) in [4.78, 5) is 9.31. The predicted molar refractivity (Wildman–Crippen MR) is 81.0 cm³/mol. The van der Waals surface area contributed by atoms with Gasteiger partial charge in [-0.2, -0.15) is 13.2 Å². The van der Waals surface area contributed by atoms with Crippen LogP contribution in [0.5, 0.6) is 11.5 Å². The molecule has 0 amide bonds. The minimum Gasteiger partial charge on any atom is -0.455 e. The molecule has 2 aromatic carbocycles. The zero-order valence-electron chi connectivity index (χ0n) is 12.0. The molecule has 0 atom stereocenters. The highest BCUT2D eigenvalue weighted by atomic mass is 35.5.